The largest absolute Gasteiger partial charge is 0.384 e. The van der Waals surface area contributed by atoms with Gasteiger partial charge in [-0.3, -0.25) is 4.79 Å². The minimum Gasteiger partial charge on any atom is -0.356 e. The Bertz CT molecular complexity index is 577. The number of alkyl halides is 11. The van der Waals surface area contributed by atoms with Gasteiger partial charge in [-0.15, -0.1) is 0 Å². The van der Waals surface area contributed by atoms with E-state index >= 15 is 0 Å². The number of unbranched alkanes of at least 4 members (excludes halogenated alkanes) is 4. The molecule has 0 saturated heterocycles. The maximum absolute atomic E-state index is 14.4. The molecule has 0 bridgehead atoms. The van der Waals surface area contributed by atoms with Gasteiger partial charge in [0.15, 0.2) is 0 Å². The average Bonchev–Trinajstić information content (AvgIpc) is 2.63. The molecule has 1 N–H and O–H groups in total. The number of hydrogen-bond acceptors (Lipinski definition) is 1. The van der Waals surface area contributed by atoms with Gasteiger partial charge in [0.1, 0.15) is 0 Å². The molecular formula is C17H22F11NO. The van der Waals surface area contributed by atoms with Crippen molar-refractivity contribution >= 4 is 5.91 Å². The lowest BCUT2D eigenvalue weighted by Crippen LogP contribution is -2.83. The van der Waals surface area contributed by atoms with Crippen LogP contribution in [0, 0.1) is 0 Å². The van der Waals surface area contributed by atoms with Crippen molar-refractivity contribution in [1.82, 2.24) is 5.32 Å². The predicted octanol–water partition coefficient (Wildman–Crippen LogP) is 6.14. The van der Waals surface area contributed by atoms with Crippen molar-refractivity contribution in [1.29, 1.82) is 0 Å². The van der Waals surface area contributed by atoms with Gasteiger partial charge in [-0.05, 0) is 19.3 Å². The molecule has 0 atom stereocenters. The second-order valence-electron chi connectivity index (χ2n) is 7.29. The molecule has 0 aromatic carbocycles. The third-order valence-corrected chi connectivity index (χ3v) is 5.10. The molecule has 178 valence electrons. The maximum atomic E-state index is 14.4. The van der Waals surface area contributed by atoms with Gasteiger partial charge in [-0.2, -0.15) is 43.9 Å². The summed E-state index contributed by atoms with van der Waals surface area (Å²) in [6.45, 7) is 1.18. The first-order valence-corrected chi connectivity index (χ1v) is 9.30. The van der Waals surface area contributed by atoms with Gasteiger partial charge in [0.25, 0.3) is 0 Å². The molecule has 1 fully saturated rings. The zero-order chi connectivity index (χ0) is 23.6. The summed E-state index contributed by atoms with van der Waals surface area (Å²) in [7, 11) is 0. The van der Waals surface area contributed by atoms with Crippen LogP contribution < -0.4 is 5.32 Å². The minimum atomic E-state index is -7.20. The van der Waals surface area contributed by atoms with Gasteiger partial charge in [0.2, 0.25) is 11.6 Å². The summed E-state index contributed by atoms with van der Waals surface area (Å²) in [4.78, 5) is 11.5. The van der Waals surface area contributed by atoms with Crippen LogP contribution in [0.4, 0.5) is 48.3 Å². The fourth-order valence-electron chi connectivity index (χ4n) is 3.14. The van der Waals surface area contributed by atoms with E-state index in [0.717, 1.165) is 19.3 Å². The maximum Gasteiger partial charge on any atom is 0.384 e. The van der Waals surface area contributed by atoms with Crippen LogP contribution in [0.5, 0.6) is 0 Å². The second kappa shape index (κ2) is 8.68. The van der Waals surface area contributed by atoms with Crippen LogP contribution in [-0.4, -0.2) is 47.7 Å². The molecule has 0 aliphatic heterocycles. The van der Waals surface area contributed by atoms with Gasteiger partial charge in [0.05, 0.1) is 0 Å². The zero-order valence-electron chi connectivity index (χ0n) is 15.9. The van der Waals surface area contributed by atoms with Crippen LogP contribution >= 0.6 is 0 Å². The van der Waals surface area contributed by atoms with Crippen LogP contribution in [0.3, 0.4) is 0 Å². The molecule has 1 rings (SSSR count). The number of carbonyl (C=O) groups is 1. The van der Waals surface area contributed by atoms with Gasteiger partial charge < -0.3 is 5.32 Å². The highest BCUT2D eigenvalue weighted by molar-refractivity contribution is 5.75. The van der Waals surface area contributed by atoms with Crippen molar-refractivity contribution in [2.45, 2.75) is 93.6 Å². The highest BCUT2D eigenvalue weighted by Crippen LogP contribution is 2.70. The van der Waals surface area contributed by atoms with E-state index in [-0.39, 0.29) is 6.42 Å². The number of halogens is 11. The fourth-order valence-corrected chi connectivity index (χ4v) is 3.14. The predicted molar refractivity (Wildman–Crippen MR) is 84.2 cm³/mol. The quantitative estimate of drug-likeness (QED) is 0.305. The Morgan fingerprint density at radius 2 is 1.07 bits per heavy atom. The van der Waals surface area contributed by atoms with E-state index < -0.39 is 60.6 Å². The van der Waals surface area contributed by atoms with Crippen molar-refractivity contribution in [2.24, 2.45) is 0 Å². The lowest BCUT2D eigenvalue weighted by molar-refractivity contribution is -0.485. The number of rotatable bonds is 10. The number of amides is 1. The Hall–Kier alpha value is -1.30. The van der Waals surface area contributed by atoms with E-state index in [0.29, 0.717) is 12.8 Å². The molecule has 0 aromatic heterocycles. The summed E-state index contributed by atoms with van der Waals surface area (Å²) >= 11 is 0. The van der Waals surface area contributed by atoms with Gasteiger partial charge in [-0.25, -0.2) is 4.39 Å². The van der Waals surface area contributed by atoms with E-state index in [2.05, 4.69) is 0 Å². The van der Waals surface area contributed by atoms with Crippen LogP contribution in [0.25, 0.3) is 0 Å². The van der Waals surface area contributed by atoms with E-state index in [1.807, 2.05) is 12.2 Å². The van der Waals surface area contributed by atoms with E-state index in [1.54, 1.807) is 0 Å². The first kappa shape index (κ1) is 26.7. The van der Waals surface area contributed by atoms with Crippen molar-refractivity contribution in [2.75, 3.05) is 6.54 Å². The zero-order valence-corrected chi connectivity index (χ0v) is 15.9. The van der Waals surface area contributed by atoms with Gasteiger partial charge in [0, 0.05) is 13.0 Å². The lowest BCUT2D eigenvalue weighted by atomic mass is 9.70. The Morgan fingerprint density at radius 3 is 1.53 bits per heavy atom. The van der Waals surface area contributed by atoms with Crippen LogP contribution in [0.1, 0.15) is 58.3 Å². The molecule has 2 nitrogen and oxygen atoms in total. The average molecular weight is 465 g/mol. The summed E-state index contributed by atoms with van der Waals surface area (Å²) in [5.74, 6) is -35.7. The SMILES string of the molecule is CCCCCCCC(=O)NCCCC1(F)C(F)(F)C(F)(F)C(F)(F)C(F)(F)C1(F)F. The Balaban J connectivity index is 2.83. The molecule has 1 amide bonds. The molecule has 0 heterocycles. The fraction of sp³-hybridized carbons (Fsp3) is 0.941. The third kappa shape index (κ3) is 3.85. The number of carbonyl (C=O) groups excluding carboxylic acids is 1. The molecule has 0 spiro atoms. The van der Waals surface area contributed by atoms with Gasteiger partial charge in [-0.1, -0.05) is 32.6 Å². The summed E-state index contributed by atoms with van der Waals surface area (Å²) in [5, 5.41) is 2.02. The van der Waals surface area contributed by atoms with E-state index in [1.165, 1.54) is 0 Å². The molecule has 1 aliphatic rings. The third-order valence-electron chi connectivity index (χ3n) is 5.10. The van der Waals surface area contributed by atoms with Crippen LogP contribution in [0.15, 0.2) is 0 Å². The van der Waals surface area contributed by atoms with Crippen molar-refractivity contribution in [3.05, 3.63) is 0 Å². The Morgan fingerprint density at radius 1 is 0.633 bits per heavy atom. The lowest BCUT2D eigenvalue weighted by Gasteiger charge is -2.52. The smallest absolute Gasteiger partial charge is 0.356 e. The molecular weight excluding hydrogens is 443 g/mol. The minimum absolute atomic E-state index is 0.0425. The molecule has 0 unspecified atom stereocenters. The number of nitrogens with one attached hydrogen (secondary N) is 1. The topological polar surface area (TPSA) is 29.1 Å². The Labute approximate surface area is 165 Å². The van der Waals surface area contributed by atoms with E-state index in [9.17, 15) is 53.1 Å². The molecule has 13 heteroatoms. The monoisotopic (exact) mass is 465 g/mol. The van der Waals surface area contributed by atoms with Crippen molar-refractivity contribution in [3.63, 3.8) is 0 Å². The van der Waals surface area contributed by atoms with Gasteiger partial charge >= 0.3 is 29.6 Å². The highest BCUT2D eigenvalue weighted by Gasteiger charge is 3.00. The standard InChI is InChI=1S/C17H22F11NO/c1-2-3-4-5-6-8-11(30)29-10-7-9-12(18)13(19,20)15(23,24)17(27,28)16(25,26)14(12,21)22/h2-10H2,1H3,(H,29,30). The first-order valence-electron chi connectivity index (χ1n) is 9.30. The number of hydrogen-bond donors (Lipinski definition) is 1. The molecule has 0 radical (unpaired) electrons. The molecule has 30 heavy (non-hydrogen) atoms. The van der Waals surface area contributed by atoms with E-state index in [4.69, 9.17) is 0 Å². The molecule has 1 saturated carbocycles. The van der Waals surface area contributed by atoms with Crippen molar-refractivity contribution < 1.29 is 53.1 Å². The summed E-state index contributed by atoms with van der Waals surface area (Å²) in [6, 6.07) is 0. The summed E-state index contributed by atoms with van der Waals surface area (Å²) < 4.78 is 149. The highest BCUT2D eigenvalue weighted by atomic mass is 19.4. The van der Waals surface area contributed by atoms with Crippen LogP contribution in [0.2, 0.25) is 0 Å². The summed E-state index contributed by atoms with van der Waals surface area (Å²) in [5.41, 5.74) is -5.97. The molecule has 0 aromatic rings. The molecule has 1 aliphatic carbocycles. The first-order chi connectivity index (χ1) is 13.5. The van der Waals surface area contributed by atoms with Crippen molar-refractivity contribution in [3.8, 4) is 0 Å². The Kier molecular flexibility index (Phi) is 7.73. The normalized spacial score (nSPS) is 24.9. The summed E-state index contributed by atoms with van der Waals surface area (Å²) in [6.07, 6.45) is 0.276. The van der Waals surface area contributed by atoms with Crippen LogP contribution in [-0.2, 0) is 4.79 Å². The second-order valence-corrected chi connectivity index (χ2v) is 7.29.